The van der Waals surface area contributed by atoms with Crippen LogP contribution in [0.1, 0.15) is 26.2 Å². The second kappa shape index (κ2) is 15.7. The van der Waals surface area contributed by atoms with E-state index in [-0.39, 0.29) is 21.1 Å². The molecular formula is C12H26O3Sn. The van der Waals surface area contributed by atoms with E-state index in [1.54, 1.807) is 11.5 Å². The molecule has 3 nitrogen and oxygen atoms in total. The molecule has 0 aliphatic heterocycles. The minimum atomic E-state index is -0.0307. The molecule has 0 spiro atoms. The number of hydrogen-bond donors (Lipinski definition) is 0. The Balaban J connectivity index is 2.83. The van der Waals surface area contributed by atoms with Gasteiger partial charge in [-0.25, -0.2) is 0 Å². The summed E-state index contributed by atoms with van der Waals surface area (Å²) in [5.74, 6) is 0. The fourth-order valence-electron chi connectivity index (χ4n) is 1.19. The summed E-state index contributed by atoms with van der Waals surface area (Å²) in [5, 5.41) is 0. The van der Waals surface area contributed by atoms with E-state index >= 15 is 0 Å². The Labute approximate surface area is 110 Å². The van der Waals surface area contributed by atoms with Crippen LogP contribution < -0.4 is 0 Å². The molecule has 0 aliphatic rings. The molecule has 0 rings (SSSR count). The summed E-state index contributed by atoms with van der Waals surface area (Å²) in [7, 11) is 1.68. The van der Waals surface area contributed by atoms with Crippen LogP contribution in [0.2, 0.25) is 8.87 Å². The summed E-state index contributed by atoms with van der Waals surface area (Å²) >= 11 is -0.0307. The predicted octanol–water partition coefficient (Wildman–Crippen LogP) is 2.40. The number of ether oxygens (including phenoxy) is 3. The topological polar surface area (TPSA) is 27.7 Å². The molecule has 0 aliphatic carbocycles. The van der Waals surface area contributed by atoms with Crippen LogP contribution in [0.5, 0.6) is 0 Å². The molecule has 0 atom stereocenters. The van der Waals surface area contributed by atoms with E-state index in [4.69, 9.17) is 14.2 Å². The van der Waals surface area contributed by atoms with Crippen LogP contribution in [0.15, 0.2) is 0 Å². The van der Waals surface area contributed by atoms with Gasteiger partial charge in [0.1, 0.15) is 0 Å². The van der Waals surface area contributed by atoms with Gasteiger partial charge in [-0.05, 0) is 0 Å². The van der Waals surface area contributed by atoms with E-state index in [0.29, 0.717) is 19.8 Å². The van der Waals surface area contributed by atoms with Crippen molar-refractivity contribution in [2.75, 3.05) is 40.1 Å². The van der Waals surface area contributed by atoms with Crippen molar-refractivity contribution in [3.63, 3.8) is 0 Å². The molecule has 0 aromatic carbocycles. The van der Waals surface area contributed by atoms with Gasteiger partial charge in [-0.2, -0.15) is 0 Å². The molecule has 0 saturated carbocycles. The normalized spacial score (nSPS) is 10.9. The molecule has 0 aromatic heterocycles. The zero-order valence-electron chi connectivity index (χ0n) is 10.8. The molecule has 0 N–H and O–H groups in total. The second-order valence-electron chi connectivity index (χ2n) is 3.67. The fourth-order valence-corrected chi connectivity index (χ4v) is 4.75. The third kappa shape index (κ3) is 14.7. The van der Waals surface area contributed by atoms with E-state index in [2.05, 4.69) is 6.92 Å². The van der Waals surface area contributed by atoms with Crippen molar-refractivity contribution >= 4 is 21.1 Å². The molecule has 4 heteroatoms. The summed E-state index contributed by atoms with van der Waals surface area (Å²) in [5.41, 5.74) is 0. The van der Waals surface area contributed by atoms with Crippen LogP contribution in [-0.2, 0) is 14.2 Å². The zero-order chi connectivity index (χ0) is 11.9. The Morgan fingerprint density at radius 1 is 0.812 bits per heavy atom. The van der Waals surface area contributed by atoms with Crippen molar-refractivity contribution in [3.8, 4) is 0 Å². The van der Waals surface area contributed by atoms with E-state index in [1.807, 2.05) is 0 Å². The Bertz CT molecular complexity index is 109. The monoisotopic (exact) mass is 338 g/mol. The zero-order valence-corrected chi connectivity index (χ0v) is 13.6. The van der Waals surface area contributed by atoms with Crippen LogP contribution >= 0.6 is 0 Å². The van der Waals surface area contributed by atoms with Crippen LogP contribution in [0, 0.1) is 0 Å². The maximum absolute atomic E-state index is 5.48. The summed E-state index contributed by atoms with van der Waals surface area (Å²) in [6.45, 7) is 5.95. The molecule has 0 saturated heterocycles. The van der Waals surface area contributed by atoms with E-state index in [1.165, 1.54) is 23.7 Å². The Morgan fingerprint density at radius 3 is 2.12 bits per heavy atom. The van der Waals surface area contributed by atoms with Crippen molar-refractivity contribution in [1.29, 1.82) is 0 Å². The maximum atomic E-state index is 5.48. The first kappa shape index (κ1) is 16.7. The molecule has 0 fully saturated rings. The van der Waals surface area contributed by atoms with Gasteiger partial charge in [-0.3, -0.25) is 0 Å². The quantitative estimate of drug-likeness (QED) is 0.382. The molecule has 0 aromatic rings. The summed E-state index contributed by atoms with van der Waals surface area (Å²) < 4.78 is 18.7. The van der Waals surface area contributed by atoms with Gasteiger partial charge < -0.3 is 0 Å². The number of rotatable bonds is 13. The third-order valence-electron chi connectivity index (χ3n) is 2.15. The Hall–Kier alpha value is 0.679. The third-order valence-corrected chi connectivity index (χ3v) is 6.19. The number of methoxy groups -OCH3 is 1. The Kier molecular flexibility index (Phi) is 16.3. The second-order valence-corrected chi connectivity index (χ2v) is 7.96. The summed E-state index contributed by atoms with van der Waals surface area (Å²) in [6, 6.07) is 0. The van der Waals surface area contributed by atoms with Crippen LogP contribution in [0.25, 0.3) is 0 Å². The summed E-state index contributed by atoms with van der Waals surface area (Å²) in [6.07, 6.45) is 4.06. The molecule has 96 valence electrons. The Morgan fingerprint density at radius 2 is 1.44 bits per heavy atom. The van der Waals surface area contributed by atoms with Crippen LogP contribution in [0.3, 0.4) is 0 Å². The van der Waals surface area contributed by atoms with Crippen molar-refractivity contribution < 1.29 is 14.2 Å². The van der Waals surface area contributed by atoms with Gasteiger partial charge >= 0.3 is 111 Å². The van der Waals surface area contributed by atoms with Gasteiger partial charge in [-0.15, -0.1) is 0 Å². The first-order chi connectivity index (χ1) is 7.91. The van der Waals surface area contributed by atoms with Gasteiger partial charge in [0.2, 0.25) is 0 Å². The average Bonchev–Trinajstić information content (AvgIpc) is 2.31. The predicted molar refractivity (Wildman–Crippen MR) is 68.4 cm³/mol. The van der Waals surface area contributed by atoms with E-state index in [0.717, 1.165) is 13.2 Å². The molecule has 0 heterocycles. The molecule has 0 amide bonds. The van der Waals surface area contributed by atoms with Crippen molar-refractivity contribution in [3.05, 3.63) is 0 Å². The van der Waals surface area contributed by atoms with Gasteiger partial charge in [0.15, 0.2) is 0 Å². The van der Waals surface area contributed by atoms with E-state index < -0.39 is 0 Å². The standard InChI is InChI=1S/C8H17O3.C4H9.Sn/c1-3-4-10-7-8-11-6-5-9-2;1-3-4-2;/h1,3-8H2,2H3;1,3-4H2,2H3;. The molecule has 16 heavy (non-hydrogen) atoms. The van der Waals surface area contributed by atoms with Gasteiger partial charge in [0.05, 0.1) is 0 Å². The number of hydrogen-bond acceptors (Lipinski definition) is 3. The average molecular weight is 337 g/mol. The first-order valence-electron chi connectivity index (χ1n) is 6.27. The SMILES string of the molecule is CCC[CH2][Sn][CH2]CCOCCOCCOC. The minimum absolute atomic E-state index is 0.0307. The summed E-state index contributed by atoms with van der Waals surface area (Å²) in [4.78, 5) is 0. The first-order valence-corrected chi connectivity index (χ1v) is 10.3. The number of unbranched alkanes of at least 4 members (excludes halogenated alkanes) is 1. The van der Waals surface area contributed by atoms with Crippen molar-refractivity contribution in [1.82, 2.24) is 0 Å². The van der Waals surface area contributed by atoms with Gasteiger partial charge in [0, 0.05) is 0 Å². The molecular weight excluding hydrogens is 311 g/mol. The molecule has 0 bridgehead atoms. The molecule has 0 unspecified atom stereocenters. The van der Waals surface area contributed by atoms with Crippen LogP contribution in [0.4, 0.5) is 0 Å². The van der Waals surface area contributed by atoms with E-state index in [9.17, 15) is 0 Å². The molecule has 2 radical (unpaired) electrons. The fraction of sp³-hybridized carbons (Fsp3) is 1.00. The van der Waals surface area contributed by atoms with Gasteiger partial charge in [0.25, 0.3) is 0 Å². The van der Waals surface area contributed by atoms with Crippen molar-refractivity contribution in [2.24, 2.45) is 0 Å². The van der Waals surface area contributed by atoms with Crippen molar-refractivity contribution in [2.45, 2.75) is 35.1 Å². The van der Waals surface area contributed by atoms with Crippen LogP contribution in [-0.4, -0.2) is 61.3 Å². The van der Waals surface area contributed by atoms with Gasteiger partial charge in [-0.1, -0.05) is 0 Å².